The molecule has 6 atom stereocenters. The number of phenolic OH excluding ortho intramolecular Hbond substituents is 1. The van der Waals surface area contributed by atoms with Gasteiger partial charge in [-0.2, -0.15) is 0 Å². The van der Waals surface area contributed by atoms with Gasteiger partial charge in [-0.15, -0.1) is 18.2 Å². The number of carbonyl (C=O) groups is 1. The number of aliphatic hydroxyl groups is 2. The molecule has 0 spiro atoms. The zero-order valence-electron chi connectivity index (χ0n) is 33.9. The van der Waals surface area contributed by atoms with E-state index in [-0.39, 0.29) is 87.9 Å². The van der Waals surface area contributed by atoms with Crippen molar-refractivity contribution in [2.24, 2.45) is 22.9 Å². The molecular weight excluding hydrogens is 810 g/mol. The van der Waals surface area contributed by atoms with E-state index >= 15 is 0 Å². The SMILES string of the molecule is C=CCOC12Oc3ccc(O)cc3C3C(CCCCO)C(CCCCO)C=C(C(=NOCc4ccc([N+](=O)[O-])cc4)CC1N(Cc1ccc4c(c1)OCO4)C(=O)OCCCl)C32. The number of non-ortho nitro benzene ring substituents is 1. The summed E-state index contributed by atoms with van der Waals surface area (Å²) in [6.45, 7) is 4.15. The van der Waals surface area contributed by atoms with E-state index in [4.69, 9.17) is 45.3 Å². The maximum absolute atomic E-state index is 14.5. The third-order valence-corrected chi connectivity index (χ3v) is 12.1. The standard InChI is InChI=1S/C45H52ClN3O12/c1-2-20-59-45-41(48(44(53)56-21-17-46)26-30-11-15-39-40(22-30)58-28-57-39)25-37(47-60-27-29-9-12-32(13-10-29)49(54)55)35-23-31(7-3-5-18-50)34(8-4-6-19-51)42(43(35)45)36-24-33(52)14-16-38(36)61-45/h2,9-16,22-24,31,34,41-43,50-52H,1,3-8,17-21,25-28H2. The molecule has 2 aliphatic heterocycles. The molecule has 1 fully saturated rings. The van der Waals surface area contributed by atoms with Crippen LogP contribution < -0.4 is 14.2 Å². The van der Waals surface area contributed by atoms with Crippen molar-refractivity contribution in [2.45, 2.75) is 75.8 Å². The van der Waals surface area contributed by atoms with E-state index < -0.39 is 28.8 Å². The highest BCUT2D eigenvalue weighted by Crippen LogP contribution is 2.62. The largest absolute Gasteiger partial charge is 0.508 e. The fourth-order valence-electron chi connectivity index (χ4n) is 9.30. The number of oxime groups is 1. The predicted octanol–water partition coefficient (Wildman–Crippen LogP) is 7.74. The molecule has 2 aliphatic carbocycles. The van der Waals surface area contributed by atoms with Gasteiger partial charge in [0, 0.05) is 49.8 Å². The Labute approximate surface area is 359 Å². The van der Waals surface area contributed by atoms with E-state index in [1.54, 1.807) is 47.4 Å². The van der Waals surface area contributed by atoms with E-state index in [0.29, 0.717) is 53.3 Å². The normalized spacial score (nSPS) is 23.9. The number of nitro benzene ring substituents is 1. The molecule has 3 aromatic carbocycles. The third kappa shape index (κ3) is 9.44. The second-order valence-electron chi connectivity index (χ2n) is 15.6. The summed E-state index contributed by atoms with van der Waals surface area (Å²) in [5.74, 6) is -0.909. The summed E-state index contributed by atoms with van der Waals surface area (Å²) in [5.41, 5.74) is 3.43. The summed E-state index contributed by atoms with van der Waals surface area (Å²) in [5, 5.41) is 46.8. The topological polar surface area (TPSA) is 192 Å². The Morgan fingerprint density at radius 3 is 2.48 bits per heavy atom. The number of allylic oxidation sites excluding steroid dienone is 1. The number of carbonyl (C=O) groups excluding carboxylic acids is 1. The molecule has 15 nitrogen and oxygen atoms in total. The first kappa shape index (κ1) is 43.7. The van der Waals surface area contributed by atoms with Crippen molar-refractivity contribution in [3.63, 3.8) is 0 Å². The van der Waals surface area contributed by atoms with Gasteiger partial charge in [-0.25, -0.2) is 4.79 Å². The van der Waals surface area contributed by atoms with E-state index in [1.807, 2.05) is 12.1 Å². The molecule has 61 heavy (non-hydrogen) atoms. The van der Waals surface area contributed by atoms with Crippen LogP contribution in [-0.4, -0.2) is 87.9 Å². The van der Waals surface area contributed by atoms with E-state index in [2.05, 4.69) is 12.7 Å². The van der Waals surface area contributed by atoms with Gasteiger partial charge in [-0.1, -0.05) is 36.2 Å². The van der Waals surface area contributed by atoms with Gasteiger partial charge >= 0.3 is 6.09 Å². The number of benzene rings is 3. The van der Waals surface area contributed by atoms with Crippen LogP contribution in [0, 0.1) is 27.9 Å². The number of hydrogen-bond acceptors (Lipinski definition) is 13. The van der Waals surface area contributed by atoms with Crippen molar-refractivity contribution >= 4 is 29.1 Å². The average Bonchev–Trinajstić information content (AvgIpc) is 3.74. The number of phenols is 1. The first-order valence-electron chi connectivity index (χ1n) is 20.7. The number of rotatable bonds is 20. The molecule has 1 saturated carbocycles. The first-order valence-corrected chi connectivity index (χ1v) is 21.2. The lowest BCUT2D eigenvalue weighted by molar-refractivity contribution is -0.384. The monoisotopic (exact) mass is 861 g/mol. The highest BCUT2D eigenvalue weighted by atomic mass is 35.5. The molecule has 7 rings (SSSR count). The zero-order valence-corrected chi connectivity index (χ0v) is 34.6. The number of halogens is 1. The molecule has 0 saturated heterocycles. The number of unbranched alkanes of at least 4 members (excludes halogenated alkanes) is 2. The van der Waals surface area contributed by atoms with Crippen molar-refractivity contribution in [3.8, 4) is 23.0 Å². The van der Waals surface area contributed by atoms with Gasteiger partial charge < -0.3 is 43.8 Å². The Hall–Kier alpha value is -5.35. The molecule has 326 valence electrons. The van der Waals surface area contributed by atoms with Crippen molar-refractivity contribution < 1.29 is 53.6 Å². The minimum absolute atomic E-state index is 0.00123. The molecule has 3 aromatic rings. The van der Waals surface area contributed by atoms with Crippen LogP contribution in [0.1, 0.15) is 67.6 Å². The van der Waals surface area contributed by atoms with Gasteiger partial charge in [0.05, 0.1) is 29.0 Å². The minimum atomic E-state index is -1.58. The molecule has 0 bridgehead atoms. The van der Waals surface area contributed by atoms with Crippen LogP contribution in [0.3, 0.4) is 0 Å². The Morgan fingerprint density at radius 1 is 1.00 bits per heavy atom. The summed E-state index contributed by atoms with van der Waals surface area (Å²) in [4.78, 5) is 33.1. The molecule has 4 aliphatic rings. The van der Waals surface area contributed by atoms with E-state index in [0.717, 1.165) is 30.4 Å². The van der Waals surface area contributed by atoms with Crippen molar-refractivity contribution in [2.75, 3.05) is 39.1 Å². The third-order valence-electron chi connectivity index (χ3n) is 11.9. The van der Waals surface area contributed by atoms with Crippen LogP contribution in [0.5, 0.6) is 23.0 Å². The molecule has 6 unspecified atom stereocenters. The number of alkyl halides is 1. The molecule has 2 heterocycles. The maximum Gasteiger partial charge on any atom is 0.410 e. The van der Waals surface area contributed by atoms with Gasteiger partial charge in [0.15, 0.2) is 11.5 Å². The number of fused-ring (bicyclic) bond motifs is 3. The smallest absolute Gasteiger partial charge is 0.410 e. The van der Waals surface area contributed by atoms with Crippen LogP contribution >= 0.6 is 11.6 Å². The fraction of sp³-hybridized carbons (Fsp3) is 0.467. The average molecular weight is 862 g/mol. The van der Waals surface area contributed by atoms with Crippen LogP contribution in [0.4, 0.5) is 10.5 Å². The van der Waals surface area contributed by atoms with Gasteiger partial charge in [0.2, 0.25) is 12.6 Å². The second-order valence-corrected chi connectivity index (χ2v) is 16.0. The second kappa shape index (κ2) is 20.0. The maximum atomic E-state index is 14.5. The molecule has 16 heteroatoms. The van der Waals surface area contributed by atoms with E-state index in [9.17, 15) is 30.2 Å². The minimum Gasteiger partial charge on any atom is -0.508 e. The van der Waals surface area contributed by atoms with Crippen LogP contribution in [0.25, 0.3) is 0 Å². The number of aromatic hydroxyl groups is 1. The lowest BCUT2D eigenvalue weighted by atomic mass is 9.55. The number of aliphatic hydroxyl groups excluding tert-OH is 2. The summed E-state index contributed by atoms with van der Waals surface area (Å²) in [7, 11) is 0. The van der Waals surface area contributed by atoms with Crippen LogP contribution in [-0.2, 0) is 27.5 Å². The first-order chi connectivity index (χ1) is 29.7. The number of nitro groups is 1. The highest BCUT2D eigenvalue weighted by Gasteiger charge is 2.65. The Morgan fingerprint density at radius 2 is 1.74 bits per heavy atom. The fourth-order valence-corrected chi connectivity index (χ4v) is 9.38. The summed E-state index contributed by atoms with van der Waals surface area (Å²) in [6, 6.07) is 15.6. The molecule has 0 radical (unpaired) electrons. The summed E-state index contributed by atoms with van der Waals surface area (Å²) >= 11 is 6.07. The Kier molecular flexibility index (Phi) is 14.3. The van der Waals surface area contributed by atoms with Crippen molar-refractivity contribution in [1.82, 2.24) is 4.90 Å². The Balaban J connectivity index is 1.42. The van der Waals surface area contributed by atoms with Crippen molar-refractivity contribution in [3.05, 3.63) is 112 Å². The van der Waals surface area contributed by atoms with Gasteiger partial charge in [0.1, 0.15) is 30.8 Å². The molecular formula is C45H52ClN3O12. The number of ether oxygens (including phenoxy) is 5. The number of hydrogen-bond donors (Lipinski definition) is 3. The lowest BCUT2D eigenvalue weighted by Crippen LogP contribution is -2.70. The zero-order chi connectivity index (χ0) is 42.9. The van der Waals surface area contributed by atoms with Crippen LogP contribution in [0.2, 0.25) is 0 Å². The van der Waals surface area contributed by atoms with Gasteiger partial charge in [-0.05, 0) is 96.7 Å². The van der Waals surface area contributed by atoms with Gasteiger partial charge in [0.25, 0.3) is 5.69 Å². The lowest BCUT2D eigenvalue weighted by Gasteiger charge is -2.59. The van der Waals surface area contributed by atoms with Crippen molar-refractivity contribution in [1.29, 1.82) is 0 Å². The number of nitrogens with zero attached hydrogens (tertiary/aromatic N) is 3. The summed E-state index contributed by atoms with van der Waals surface area (Å²) in [6.07, 6.45) is 7.40. The quantitative estimate of drug-likeness (QED) is 0.0330. The van der Waals surface area contributed by atoms with Gasteiger partial charge in [-0.3, -0.25) is 15.0 Å². The molecule has 3 N–H and O–H groups in total. The van der Waals surface area contributed by atoms with Crippen LogP contribution in [0.15, 0.2) is 90.1 Å². The summed E-state index contributed by atoms with van der Waals surface area (Å²) < 4.78 is 31.2. The highest BCUT2D eigenvalue weighted by molar-refractivity contribution is 6.18. The Bertz CT molecular complexity index is 2100. The predicted molar refractivity (Wildman–Crippen MR) is 225 cm³/mol. The number of amides is 1. The molecule has 0 aromatic heterocycles. The van der Waals surface area contributed by atoms with E-state index in [1.165, 1.54) is 12.1 Å². The molecule has 1 amide bonds.